The first-order chi connectivity index (χ1) is 9.54. The van der Waals surface area contributed by atoms with Crippen LogP contribution in [0.3, 0.4) is 0 Å². The second kappa shape index (κ2) is 7.09. The van der Waals surface area contributed by atoms with Crippen LogP contribution in [0.2, 0.25) is 0 Å². The van der Waals surface area contributed by atoms with E-state index in [2.05, 4.69) is 54.8 Å². The molecule has 1 aliphatic rings. The summed E-state index contributed by atoms with van der Waals surface area (Å²) < 4.78 is 0. The third-order valence-corrected chi connectivity index (χ3v) is 4.01. The van der Waals surface area contributed by atoms with E-state index < -0.39 is 0 Å². The Morgan fingerprint density at radius 1 is 1.15 bits per heavy atom. The zero-order chi connectivity index (χ0) is 14.5. The summed E-state index contributed by atoms with van der Waals surface area (Å²) in [5.74, 6) is 0.693. The first-order valence-corrected chi connectivity index (χ1v) is 7.84. The van der Waals surface area contributed by atoms with Crippen LogP contribution in [0.15, 0.2) is 24.3 Å². The Balaban J connectivity index is 1.80. The Kier molecular flexibility index (Phi) is 5.44. The highest BCUT2D eigenvalue weighted by atomic mass is 15.3. The van der Waals surface area contributed by atoms with Crippen molar-refractivity contribution in [3.05, 3.63) is 29.8 Å². The number of benzene rings is 1. The van der Waals surface area contributed by atoms with Gasteiger partial charge in [0.25, 0.3) is 0 Å². The van der Waals surface area contributed by atoms with Gasteiger partial charge in [-0.15, -0.1) is 0 Å². The van der Waals surface area contributed by atoms with Crippen molar-refractivity contribution >= 4 is 5.69 Å². The van der Waals surface area contributed by atoms with E-state index in [4.69, 9.17) is 5.73 Å². The van der Waals surface area contributed by atoms with E-state index in [9.17, 15) is 0 Å². The SMILES string of the molecule is Cc1cccc(N2CCN(C[C@@H](N)CC(C)C)CC2)c1. The van der Waals surface area contributed by atoms with Crippen molar-refractivity contribution in [2.45, 2.75) is 33.2 Å². The van der Waals surface area contributed by atoms with Crippen LogP contribution in [0.1, 0.15) is 25.8 Å². The Hall–Kier alpha value is -1.06. The first-order valence-electron chi connectivity index (χ1n) is 7.84. The Morgan fingerprint density at radius 3 is 2.45 bits per heavy atom. The maximum absolute atomic E-state index is 6.22. The summed E-state index contributed by atoms with van der Waals surface area (Å²) in [6.45, 7) is 12.2. The summed E-state index contributed by atoms with van der Waals surface area (Å²) in [6.07, 6.45) is 1.12. The molecule has 1 heterocycles. The van der Waals surface area contributed by atoms with Gasteiger partial charge in [-0.2, -0.15) is 0 Å². The van der Waals surface area contributed by atoms with Crippen molar-refractivity contribution in [3.8, 4) is 0 Å². The lowest BCUT2D eigenvalue weighted by atomic mass is 10.0. The Morgan fingerprint density at radius 2 is 1.85 bits per heavy atom. The molecule has 2 N–H and O–H groups in total. The molecule has 1 aromatic rings. The predicted molar refractivity (Wildman–Crippen MR) is 87.3 cm³/mol. The van der Waals surface area contributed by atoms with Crippen LogP contribution in [-0.2, 0) is 0 Å². The minimum absolute atomic E-state index is 0.320. The summed E-state index contributed by atoms with van der Waals surface area (Å²) in [7, 11) is 0. The third kappa shape index (κ3) is 4.50. The van der Waals surface area contributed by atoms with Gasteiger partial charge in [-0.3, -0.25) is 4.90 Å². The van der Waals surface area contributed by atoms with Gasteiger partial charge in [0.15, 0.2) is 0 Å². The van der Waals surface area contributed by atoms with Crippen LogP contribution in [0.25, 0.3) is 0 Å². The van der Waals surface area contributed by atoms with Gasteiger partial charge in [-0.25, -0.2) is 0 Å². The quantitative estimate of drug-likeness (QED) is 0.896. The standard InChI is InChI=1S/C17H29N3/c1-14(2)11-16(18)13-19-7-9-20(10-8-19)17-6-4-5-15(3)12-17/h4-6,12,14,16H,7-11,13,18H2,1-3H3/t16-/m0/s1. The Labute approximate surface area is 123 Å². The molecule has 0 amide bonds. The summed E-state index contributed by atoms with van der Waals surface area (Å²) in [4.78, 5) is 5.00. The molecule has 112 valence electrons. The zero-order valence-electron chi connectivity index (χ0n) is 13.2. The van der Waals surface area contributed by atoms with Crippen LogP contribution >= 0.6 is 0 Å². The fourth-order valence-electron chi connectivity index (χ4n) is 3.02. The topological polar surface area (TPSA) is 32.5 Å². The summed E-state index contributed by atoms with van der Waals surface area (Å²) in [6, 6.07) is 9.12. The smallest absolute Gasteiger partial charge is 0.0369 e. The van der Waals surface area contributed by atoms with Crippen LogP contribution in [0, 0.1) is 12.8 Å². The summed E-state index contributed by atoms with van der Waals surface area (Å²) >= 11 is 0. The lowest BCUT2D eigenvalue weighted by Gasteiger charge is -2.37. The molecule has 0 aliphatic carbocycles. The number of nitrogens with zero attached hydrogens (tertiary/aromatic N) is 2. The highest BCUT2D eigenvalue weighted by Gasteiger charge is 2.19. The molecule has 3 heteroatoms. The lowest BCUT2D eigenvalue weighted by molar-refractivity contribution is 0.233. The number of nitrogens with two attached hydrogens (primary N) is 1. The van der Waals surface area contributed by atoms with Crippen LogP contribution < -0.4 is 10.6 Å². The fraction of sp³-hybridized carbons (Fsp3) is 0.647. The van der Waals surface area contributed by atoms with Crippen molar-refractivity contribution in [2.75, 3.05) is 37.6 Å². The molecule has 0 bridgehead atoms. The highest BCUT2D eigenvalue weighted by molar-refractivity contribution is 5.48. The molecule has 1 saturated heterocycles. The molecule has 0 spiro atoms. The van der Waals surface area contributed by atoms with Crippen LogP contribution in [0.4, 0.5) is 5.69 Å². The van der Waals surface area contributed by atoms with E-state index in [1.165, 1.54) is 11.3 Å². The van der Waals surface area contributed by atoms with Gasteiger partial charge < -0.3 is 10.6 Å². The van der Waals surface area contributed by atoms with E-state index >= 15 is 0 Å². The van der Waals surface area contributed by atoms with E-state index in [-0.39, 0.29) is 0 Å². The molecule has 0 radical (unpaired) electrons. The van der Waals surface area contributed by atoms with Gasteiger partial charge in [0.2, 0.25) is 0 Å². The van der Waals surface area contributed by atoms with Crippen molar-refractivity contribution in [3.63, 3.8) is 0 Å². The molecule has 2 rings (SSSR count). The van der Waals surface area contributed by atoms with E-state index in [0.717, 1.165) is 39.1 Å². The van der Waals surface area contributed by atoms with E-state index in [1.54, 1.807) is 0 Å². The second-order valence-electron chi connectivity index (χ2n) is 6.52. The van der Waals surface area contributed by atoms with Crippen molar-refractivity contribution in [1.29, 1.82) is 0 Å². The average Bonchev–Trinajstić information content (AvgIpc) is 2.38. The first kappa shape index (κ1) is 15.3. The average molecular weight is 275 g/mol. The maximum Gasteiger partial charge on any atom is 0.0369 e. The zero-order valence-corrected chi connectivity index (χ0v) is 13.2. The van der Waals surface area contributed by atoms with Gasteiger partial charge in [-0.05, 0) is 37.0 Å². The second-order valence-corrected chi connectivity index (χ2v) is 6.52. The molecule has 1 fully saturated rings. The number of aryl methyl sites for hydroxylation is 1. The van der Waals surface area contributed by atoms with Crippen molar-refractivity contribution in [2.24, 2.45) is 11.7 Å². The molecule has 0 aromatic heterocycles. The van der Waals surface area contributed by atoms with Gasteiger partial charge in [0.1, 0.15) is 0 Å². The highest BCUT2D eigenvalue weighted by Crippen LogP contribution is 2.18. The maximum atomic E-state index is 6.22. The summed E-state index contributed by atoms with van der Waals surface area (Å²) in [5.41, 5.74) is 8.91. The van der Waals surface area contributed by atoms with Gasteiger partial charge >= 0.3 is 0 Å². The number of hydrogen-bond donors (Lipinski definition) is 1. The number of rotatable bonds is 5. The van der Waals surface area contributed by atoms with Gasteiger partial charge in [-0.1, -0.05) is 26.0 Å². The van der Waals surface area contributed by atoms with E-state index in [1.807, 2.05) is 0 Å². The molecule has 0 saturated carbocycles. The predicted octanol–water partition coefficient (Wildman–Crippen LogP) is 2.49. The number of piperazine rings is 1. The molecule has 3 nitrogen and oxygen atoms in total. The molecular weight excluding hydrogens is 246 g/mol. The molecule has 0 unspecified atom stereocenters. The minimum atomic E-state index is 0.320. The number of hydrogen-bond acceptors (Lipinski definition) is 3. The third-order valence-electron chi connectivity index (χ3n) is 4.01. The minimum Gasteiger partial charge on any atom is -0.369 e. The van der Waals surface area contributed by atoms with Gasteiger partial charge in [0.05, 0.1) is 0 Å². The fourth-order valence-corrected chi connectivity index (χ4v) is 3.02. The van der Waals surface area contributed by atoms with Crippen molar-refractivity contribution in [1.82, 2.24) is 4.90 Å². The Bertz CT molecular complexity index is 408. The molecule has 1 atom stereocenters. The van der Waals surface area contributed by atoms with Gasteiger partial charge in [0, 0.05) is 44.5 Å². The monoisotopic (exact) mass is 275 g/mol. The lowest BCUT2D eigenvalue weighted by Crippen LogP contribution is -2.50. The summed E-state index contributed by atoms with van der Waals surface area (Å²) in [5, 5.41) is 0. The van der Waals surface area contributed by atoms with Crippen LogP contribution in [-0.4, -0.2) is 43.7 Å². The normalized spacial score (nSPS) is 18.6. The van der Waals surface area contributed by atoms with E-state index in [0.29, 0.717) is 12.0 Å². The molecule has 20 heavy (non-hydrogen) atoms. The number of anilines is 1. The van der Waals surface area contributed by atoms with Crippen LogP contribution in [0.5, 0.6) is 0 Å². The van der Waals surface area contributed by atoms with Crippen molar-refractivity contribution < 1.29 is 0 Å². The molecule has 1 aromatic carbocycles. The largest absolute Gasteiger partial charge is 0.369 e. The molecular formula is C17H29N3. The molecule has 1 aliphatic heterocycles.